The second-order valence-corrected chi connectivity index (χ2v) is 8.65. The minimum absolute atomic E-state index is 0.0429. The van der Waals surface area contributed by atoms with E-state index in [9.17, 15) is 16.8 Å². The van der Waals surface area contributed by atoms with Gasteiger partial charge in [0.1, 0.15) is 0 Å². The number of sulfonamides is 2. The standard InChI is InChI=1S/C12H21N3O4S2/c1-9(2)12(3,8-13)15-21(18,19)11-6-4-5-10(7-11)20(14,16)17/h4-7,9,15H,8,13H2,1-3H3,(H2,14,16,17). The number of benzene rings is 1. The lowest BCUT2D eigenvalue weighted by Gasteiger charge is -2.33. The minimum atomic E-state index is -3.97. The van der Waals surface area contributed by atoms with Crippen molar-refractivity contribution in [3.05, 3.63) is 24.3 Å². The van der Waals surface area contributed by atoms with Gasteiger partial charge in [-0.15, -0.1) is 0 Å². The average Bonchev–Trinajstić information content (AvgIpc) is 2.37. The van der Waals surface area contributed by atoms with Gasteiger partial charge in [0, 0.05) is 12.1 Å². The molecule has 0 spiro atoms. The predicted octanol–water partition coefficient (Wildman–Crippen LogP) is -0.0143. The van der Waals surface area contributed by atoms with E-state index in [1.807, 2.05) is 13.8 Å². The van der Waals surface area contributed by atoms with Gasteiger partial charge in [0.05, 0.1) is 9.79 Å². The van der Waals surface area contributed by atoms with Crippen LogP contribution in [0.2, 0.25) is 0 Å². The molecule has 0 aliphatic carbocycles. The number of hydrogen-bond donors (Lipinski definition) is 3. The molecule has 9 heteroatoms. The van der Waals surface area contributed by atoms with Crippen molar-refractivity contribution in [3.8, 4) is 0 Å². The maximum atomic E-state index is 12.4. The molecule has 7 nitrogen and oxygen atoms in total. The molecule has 0 amide bonds. The molecule has 0 bridgehead atoms. The summed E-state index contributed by atoms with van der Waals surface area (Å²) in [6.45, 7) is 5.49. The molecule has 1 rings (SSSR count). The van der Waals surface area contributed by atoms with Gasteiger partial charge in [-0.05, 0) is 31.0 Å². The maximum Gasteiger partial charge on any atom is 0.241 e. The van der Waals surface area contributed by atoms with Crippen LogP contribution in [0.1, 0.15) is 20.8 Å². The lowest BCUT2D eigenvalue weighted by molar-refractivity contribution is 0.315. The van der Waals surface area contributed by atoms with Crippen molar-refractivity contribution in [3.63, 3.8) is 0 Å². The molecule has 5 N–H and O–H groups in total. The highest BCUT2D eigenvalue weighted by atomic mass is 32.2. The van der Waals surface area contributed by atoms with Gasteiger partial charge in [-0.3, -0.25) is 0 Å². The quantitative estimate of drug-likeness (QED) is 0.672. The zero-order chi connectivity index (χ0) is 16.5. The van der Waals surface area contributed by atoms with Crippen LogP contribution in [0.5, 0.6) is 0 Å². The van der Waals surface area contributed by atoms with E-state index >= 15 is 0 Å². The van der Waals surface area contributed by atoms with Crippen LogP contribution in [-0.2, 0) is 20.0 Å². The summed E-state index contributed by atoms with van der Waals surface area (Å²) in [5.41, 5.74) is 4.81. The zero-order valence-corrected chi connectivity index (χ0v) is 13.8. The van der Waals surface area contributed by atoms with Gasteiger partial charge in [-0.2, -0.15) is 0 Å². The number of primary sulfonamides is 1. The number of hydrogen-bond acceptors (Lipinski definition) is 5. The van der Waals surface area contributed by atoms with Gasteiger partial charge in [-0.25, -0.2) is 26.7 Å². The Bertz CT molecular complexity index is 714. The van der Waals surface area contributed by atoms with Crippen molar-refractivity contribution in [2.75, 3.05) is 6.54 Å². The normalized spacial score (nSPS) is 15.9. The van der Waals surface area contributed by atoms with Crippen LogP contribution < -0.4 is 15.6 Å². The first-order valence-corrected chi connectivity index (χ1v) is 9.32. The summed E-state index contributed by atoms with van der Waals surface area (Å²) >= 11 is 0. The number of nitrogens with two attached hydrogens (primary N) is 2. The second-order valence-electron chi connectivity index (χ2n) is 5.40. The molecule has 0 saturated carbocycles. The van der Waals surface area contributed by atoms with Gasteiger partial charge in [0.25, 0.3) is 0 Å². The molecule has 120 valence electrons. The molecule has 0 fully saturated rings. The highest BCUT2D eigenvalue weighted by Crippen LogP contribution is 2.21. The zero-order valence-electron chi connectivity index (χ0n) is 12.2. The highest BCUT2D eigenvalue weighted by molar-refractivity contribution is 7.90. The van der Waals surface area contributed by atoms with E-state index in [0.717, 1.165) is 6.07 Å². The van der Waals surface area contributed by atoms with E-state index < -0.39 is 25.6 Å². The van der Waals surface area contributed by atoms with Gasteiger partial charge < -0.3 is 5.73 Å². The third kappa shape index (κ3) is 4.24. The summed E-state index contributed by atoms with van der Waals surface area (Å²) in [5.74, 6) is -0.0429. The third-order valence-electron chi connectivity index (χ3n) is 3.51. The van der Waals surface area contributed by atoms with Crippen LogP contribution in [0.25, 0.3) is 0 Å². The Balaban J connectivity index is 3.27. The predicted molar refractivity (Wildman–Crippen MR) is 80.4 cm³/mol. The first kappa shape index (κ1) is 18.1. The molecular weight excluding hydrogens is 314 g/mol. The Morgan fingerprint density at radius 1 is 1.19 bits per heavy atom. The summed E-state index contributed by atoms with van der Waals surface area (Å²) in [7, 11) is -7.88. The Morgan fingerprint density at radius 3 is 2.14 bits per heavy atom. The van der Waals surface area contributed by atoms with Crippen molar-refractivity contribution in [2.24, 2.45) is 16.8 Å². The lowest BCUT2D eigenvalue weighted by atomic mass is 9.90. The Hall–Kier alpha value is -1.00. The topological polar surface area (TPSA) is 132 Å². The maximum absolute atomic E-state index is 12.4. The summed E-state index contributed by atoms with van der Waals surface area (Å²) in [4.78, 5) is -0.432. The summed E-state index contributed by atoms with van der Waals surface area (Å²) < 4.78 is 49.9. The second kappa shape index (κ2) is 6.01. The van der Waals surface area contributed by atoms with Crippen LogP contribution in [-0.4, -0.2) is 28.9 Å². The van der Waals surface area contributed by atoms with Crippen LogP contribution in [0.3, 0.4) is 0 Å². The Morgan fingerprint density at radius 2 is 1.71 bits per heavy atom. The molecule has 0 aliphatic heterocycles. The van der Waals surface area contributed by atoms with Crippen LogP contribution >= 0.6 is 0 Å². The molecule has 0 aliphatic rings. The van der Waals surface area contributed by atoms with Crippen molar-refractivity contribution in [1.29, 1.82) is 0 Å². The van der Waals surface area contributed by atoms with Gasteiger partial charge in [0.15, 0.2) is 0 Å². The first-order chi connectivity index (χ1) is 9.42. The molecule has 21 heavy (non-hydrogen) atoms. The van der Waals surface area contributed by atoms with Crippen molar-refractivity contribution in [1.82, 2.24) is 4.72 Å². The fraction of sp³-hybridized carbons (Fsp3) is 0.500. The number of rotatable bonds is 6. The van der Waals surface area contributed by atoms with Crippen LogP contribution in [0.15, 0.2) is 34.1 Å². The van der Waals surface area contributed by atoms with Crippen LogP contribution in [0.4, 0.5) is 0 Å². The highest BCUT2D eigenvalue weighted by Gasteiger charge is 2.32. The summed E-state index contributed by atoms with van der Waals surface area (Å²) in [6.07, 6.45) is 0. The van der Waals surface area contributed by atoms with E-state index in [0.29, 0.717) is 0 Å². The van der Waals surface area contributed by atoms with Crippen LogP contribution in [0, 0.1) is 5.92 Å². The smallest absolute Gasteiger partial charge is 0.241 e. The summed E-state index contributed by atoms with van der Waals surface area (Å²) in [6, 6.07) is 4.88. The van der Waals surface area contributed by atoms with Crippen molar-refractivity contribution in [2.45, 2.75) is 36.1 Å². The molecule has 0 saturated heterocycles. The molecule has 1 aromatic carbocycles. The Kier molecular flexibility index (Phi) is 5.17. The number of nitrogens with one attached hydrogen (secondary N) is 1. The molecular formula is C12H21N3O4S2. The average molecular weight is 335 g/mol. The van der Waals surface area contributed by atoms with Gasteiger partial charge in [0.2, 0.25) is 20.0 Å². The fourth-order valence-electron chi connectivity index (χ4n) is 1.58. The monoisotopic (exact) mass is 335 g/mol. The largest absolute Gasteiger partial charge is 0.329 e. The first-order valence-electron chi connectivity index (χ1n) is 6.29. The summed E-state index contributed by atoms with van der Waals surface area (Å²) in [5, 5.41) is 5.01. The van der Waals surface area contributed by atoms with Crippen molar-refractivity contribution < 1.29 is 16.8 Å². The van der Waals surface area contributed by atoms with E-state index in [4.69, 9.17) is 10.9 Å². The molecule has 0 heterocycles. The molecule has 1 aromatic rings. The lowest BCUT2D eigenvalue weighted by Crippen LogP contribution is -2.54. The molecule has 0 aromatic heterocycles. The van der Waals surface area contributed by atoms with Crippen molar-refractivity contribution >= 4 is 20.0 Å². The van der Waals surface area contributed by atoms with Gasteiger partial charge in [-0.1, -0.05) is 19.9 Å². The fourth-order valence-corrected chi connectivity index (χ4v) is 3.80. The SMILES string of the molecule is CC(C)C(C)(CN)NS(=O)(=O)c1cccc(S(N)(=O)=O)c1. The third-order valence-corrected chi connectivity index (χ3v) is 6.03. The Labute approximate surface area is 125 Å². The van der Waals surface area contributed by atoms with E-state index in [-0.39, 0.29) is 22.3 Å². The molecule has 1 unspecified atom stereocenters. The molecule has 1 atom stereocenters. The minimum Gasteiger partial charge on any atom is -0.329 e. The van der Waals surface area contributed by atoms with E-state index in [1.165, 1.54) is 18.2 Å². The van der Waals surface area contributed by atoms with Gasteiger partial charge >= 0.3 is 0 Å². The molecule has 0 radical (unpaired) electrons. The van der Waals surface area contributed by atoms with E-state index in [2.05, 4.69) is 4.72 Å². The van der Waals surface area contributed by atoms with E-state index in [1.54, 1.807) is 6.92 Å².